The minimum absolute atomic E-state index is 0. The van der Waals surface area contributed by atoms with Gasteiger partial charge in [0.2, 0.25) is 0 Å². The molecule has 0 saturated heterocycles. The largest absolute Gasteiger partial charge is 0.464 e. The fourth-order valence-corrected chi connectivity index (χ4v) is 4.65. The summed E-state index contributed by atoms with van der Waals surface area (Å²) in [4.78, 5) is 25.6. The van der Waals surface area contributed by atoms with E-state index in [4.69, 9.17) is 23.2 Å². The highest BCUT2D eigenvalue weighted by Crippen LogP contribution is 2.39. The van der Waals surface area contributed by atoms with Gasteiger partial charge >= 0.3 is 6.09 Å². The summed E-state index contributed by atoms with van der Waals surface area (Å²) in [5.41, 5.74) is 3.76. The Labute approximate surface area is 206 Å². The number of hydrogen-bond acceptors (Lipinski definition) is 4. The maximum absolute atomic E-state index is 11.9. The van der Waals surface area contributed by atoms with Gasteiger partial charge in [-0.15, -0.1) is 12.4 Å². The lowest BCUT2D eigenvalue weighted by Crippen LogP contribution is -2.31. The third-order valence-corrected chi connectivity index (χ3v) is 6.11. The molecule has 0 spiro atoms. The van der Waals surface area contributed by atoms with E-state index < -0.39 is 11.0 Å². The van der Waals surface area contributed by atoms with Crippen LogP contribution in [-0.4, -0.2) is 34.6 Å². The molecule has 1 N–H and O–H groups in total. The first-order valence-corrected chi connectivity index (χ1v) is 10.5. The Morgan fingerprint density at radius 2 is 1.67 bits per heavy atom. The van der Waals surface area contributed by atoms with Crippen molar-refractivity contribution in [1.82, 2.24) is 4.90 Å². The summed E-state index contributed by atoms with van der Waals surface area (Å²) in [7, 11) is 2.02. The van der Waals surface area contributed by atoms with Gasteiger partial charge in [0.25, 0.3) is 5.69 Å². The van der Waals surface area contributed by atoms with E-state index in [2.05, 4.69) is 4.90 Å². The summed E-state index contributed by atoms with van der Waals surface area (Å²) in [6.07, 6.45) is -1.19. The molecule has 0 radical (unpaired) electrons. The summed E-state index contributed by atoms with van der Waals surface area (Å²) in [6.45, 7) is 1.50. The number of likely N-dealkylation sites (N-methyl/N-ethyl adjacent to an activating group) is 1. The molecule has 4 rings (SSSR count). The molecule has 1 aliphatic heterocycles. The van der Waals surface area contributed by atoms with Crippen molar-refractivity contribution in [3.63, 3.8) is 0 Å². The molecule has 1 amide bonds. The third kappa shape index (κ3) is 5.07. The second-order valence-corrected chi connectivity index (χ2v) is 8.53. The highest BCUT2D eigenvalue weighted by molar-refractivity contribution is 6.35. The van der Waals surface area contributed by atoms with Crippen molar-refractivity contribution < 1.29 is 14.8 Å². The Balaban J connectivity index is 0.00000306. The number of anilines is 2. The van der Waals surface area contributed by atoms with Crippen molar-refractivity contribution in [2.75, 3.05) is 18.5 Å². The molecule has 1 aliphatic rings. The first kappa shape index (κ1) is 24.8. The van der Waals surface area contributed by atoms with Crippen LogP contribution in [0.15, 0.2) is 60.7 Å². The summed E-state index contributed by atoms with van der Waals surface area (Å²) in [5.74, 6) is 0.0339. The fraction of sp³-hybridized carbons (Fsp3) is 0.174. The SMILES string of the molecule is CN1Cc2c(Cl)cc(Cl)cc2C(c2ccc(N(C(=O)O)c3ccc([N+](=O)[O-])cc3)cc2)C1.Cl. The van der Waals surface area contributed by atoms with E-state index in [1.165, 1.54) is 24.3 Å². The van der Waals surface area contributed by atoms with Gasteiger partial charge in [-0.05, 0) is 60.1 Å². The zero-order valence-corrected chi connectivity index (χ0v) is 19.8. The number of non-ortho nitro benzene ring substituents is 1. The fourth-order valence-electron chi connectivity index (χ4n) is 4.08. The Morgan fingerprint density at radius 1 is 1.09 bits per heavy atom. The highest BCUT2D eigenvalue weighted by Gasteiger charge is 2.27. The van der Waals surface area contributed by atoms with Crippen LogP contribution < -0.4 is 4.90 Å². The average molecular weight is 509 g/mol. The highest BCUT2D eigenvalue weighted by atomic mass is 35.5. The summed E-state index contributed by atoms with van der Waals surface area (Å²) >= 11 is 12.7. The number of carbonyl (C=O) groups is 1. The summed E-state index contributed by atoms with van der Waals surface area (Å²) in [5, 5.41) is 21.9. The van der Waals surface area contributed by atoms with E-state index in [1.807, 2.05) is 25.2 Å². The molecule has 0 aliphatic carbocycles. The standard InChI is InChI=1S/C23H19Cl2N3O4.ClH/c1-26-12-20(19-10-15(24)11-22(25)21(19)13-26)14-2-4-16(5-3-14)27(23(29)30)17-6-8-18(9-7-17)28(31)32;/h2-11,20H,12-13H2,1H3,(H,29,30);1H. The molecule has 3 aromatic rings. The molecule has 0 bridgehead atoms. The third-order valence-electron chi connectivity index (χ3n) is 5.56. The van der Waals surface area contributed by atoms with E-state index in [0.717, 1.165) is 34.7 Å². The van der Waals surface area contributed by atoms with Crippen molar-refractivity contribution >= 4 is 58.8 Å². The topological polar surface area (TPSA) is 86.9 Å². The molecule has 0 aromatic heterocycles. The molecule has 172 valence electrons. The Hall–Kier alpha value is -2.84. The van der Waals surface area contributed by atoms with Crippen LogP contribution in [-0.2, 0) is 6.54 Å². The monoisotopic (exact) mass is 507 g/mol. The van der Waals surface area contributed by atoms with Gasteiger partial charge in [-0.3, -0.25) is 10.1 Å². The predicted molar refractivity (Wildman–Crippen MR) is 132 cm³/mol. The van der Waals surface area contributed by atoms with Gasteiger partial charge in [0, 0.05) is 41.2 Å². The van der Waals surface area contributed by atoms with Gasteiger partial charge in [-0.2, -0.15) is 0 Å². The van der Waals surface area contributed by atoms with Crippen LogP contribution in [0.1, 0.15) is 22.6 Å². The van der Waals surface area contributed by atoms with E-state index in [9.17, 15) is 20.0 Å². The summed E-state index contributed by atoms with van der Waals surface area (Å²) < 4.78 is 0. The van der Waals surface area contributed by atoms with Crippen molar-refractivity contribution in [3.05, 3.63) is 97.5 Å². The zero-order valence-electron chi connectivity index (χ0n) is 17.4. The number of benzene rings is 3. The molecule has 3 aromatic carbocycles. The zero-order chi connectivity index (χ0) is 23.0. The molecule has 1 heterocycles. The Morgan fingerprint density at radius 3 is 2.21 bits per heavy atom. The van der Waals surface area contributed by atoms with Gasteiger partial charge in [-0.25, -0.2) is 9.69 Å². The number of nitro groups is 1. The van der Waals surface area contributed by atoms with Crippen LogP contribution in [0.4, 0.5) is 21.9 Å². The lowest BCUT2D eigenvalue weighted by molar-refractivity contribution is -0.384. The Kier molecular flexibility index (Phi) is 7.49. The maximum atomic E-state index is 11.9. The lowest BCUT2D eigenvalue weighted by atomic mass is 9.84. The molecule has 7 nitrogen and oxygen atoms in total. The lowest BCUT2D eigenvalue weighted by Gasteiger charge is -2.33. The van der Waals surface area contributed by atoms with E-state index in [0.29, 0.717) is 21.4 Å². The van der Waals surface area contributed by atoms with Crippen molar-refractivity contribution in [2.45, 2.75) is 12.5 Å². The van der Waals surface area contributed by atoms with Crippen LogP contribution in [0.5, 0.6) is 0 Å². The summed E-state index contributed by atoms with van der Waals surface area (Å²) in [6, 6.07) is 16.3. The quantitative estimate of drug-likeness (QED) is 0.312. The predicted octanol–water partition coefficient (Wildman–Crippen LogP) is 6.72. The molecular formula is C23H20Cl3N3O4. The molecule has 10 heteroatoms. The number of fused-ring (bicyclic) bond motifs is 1. The van der Waals surface area contributed by atoms with Crippen LogP contribution in [0.3, 0.4) is 0 Å². The number of hydrogen-bond donors (Lipinski definition) is 1. The second-order valence-electron chi connectivity index (χ2n) is 7.69. The normalized spacial score (nSPS) is 15.3. The van der Waals surface area contributed by atoms with E-state index in [1.54, 1.807) is 18.2 Å². The van der Waals surface area contributed by atoms with Gasteiger partial charge in [0.15, 0.2) is 0 Å². The van der Waals surface area contributed by atoms with Gasteiger partial charge < -0.3 is 10.0 Å². The van der Waals surface area contributed by atoms with Crippen LogP contribution in [0, 0.1) is 10.1 Å². The first-order chi connectivity index (χ1) is 15.2. The minimum Gasteiger partial charge on any atom is -0.464 e. The van der Waals surface area contributed by atoms with Gasteiger partial charge in [0.1, 0.15) is 0 Å². The molecule has 0 fully saturated rings. The number of amides is 1. The van der Waals surface area contributed by atoms with E-state index >= 15 is 0 Å². The number of nitro benzene ring substituents is 1. The number of nitrogens with zero attached hydrogens (tertiary/aromatic N) is 3. The van der Waals surface area contributed by atoms with Crippen LogP contribution in [0.25, 0.3) is 0 Å². The smallest absolute Gasteiger partial charge is 0.416 e. The van der Waals surface area contributed by atoms with Gasteiger partial charge in [-0.1, -0.05) is 35.3 Å². The van der Waals surface area contributed by atoms with E-state index in [-0.39, 0.29) is 24.0 Å². The molecular weight excluding hydrogens is 489 g/mol. The minimum atomic E-state index is -1.19. The molecule has 0 saturated carbocycles. The Bertz CT molecular complexity index is 1190. The molecule has 33 heavy (non-hydrogen) atoms. The van der Waals surface area contributed by atoms with Crippen LogP contribution in [0.2, 0.25) is 10.0 Å². The number of halogens is 3. The number of rotatable bonds is 4. The average Bonchev–Trinajstić information content (AvgIpc) is 2.75. The van der Waals surface area contributed by atoms with Crippen molar-refractivity contribution in [1.29, 1.82) is 0 Å². The van der Waals surface area contributed by atoms with Crippen LogP contribution >= 0.6 is 35.6 Å². The number of carboxylic acid groups (broad SMARTS) is 1. The second kappa shape index (κ2) is 9.97. The first-order valence-electron chi connectivity index (χ1n) is 9.78. The molecule has 1 atom stereocenters. The van der Waals surface area contributed by atoms with Crippen molar-refractivity contribution in [3.8, 4) is 0 Å². The maximum Gasteiger partial charge on any atom is 0.416 e. The van der Waals surface area contributed by atoms with Crippen molar-refractivity contribution in [2.24, 2.45) is 0 Å². The van der Waals surface area contributed by atoms with Gasteiger partial charge in [0.05, 0.1) is 16.3 Å². The molecule has 1 unspecified atom stereocenters.